The highest BCUT2D eigenvalue weighted by molar-refractivity contribution is 5.61. The minimum Gasteiger partial charge on any atom is -0.372 e. The van der Waals surface area contributed by atoms with E-state index < -0.39 is 12.1 Å². The second-order valence-electron chi connectivity index (χ2n) is 5.14. The largest absolute Gasteiger partial charge is 0.395 e. The van der Waals surface area contributed by atoms with Gasteiger partial charge >= 0.3 is 6.18 Å². The van der Waals surface area contributed by atoms with Crippen molar-refractivity contribution in [1.29, 1.82) is 0 Å². The minimum atomic E-state index is -4.29. The summed E-state index contributed by atoms with van der Waals surface area (Å²) in [6, 6.07) is 3.01. The highest BCUT2D eigenvalue weighted by Gasteiger charge is 2.37. The number of hydrogen-bond acceptors (Lipinski definition) is 4. The van der Waals surface area contributed by atoms with Gasteiger partial charge in [0.2, 0.25) is 0 Å². The summed E-state index contributed by atoms with van der Waals surface area (Å²) in [5, 5.41) is 2.87. The predicted molar refractivity (Wildman–Crippen MR) is 80.2 cm³/mol. The molecule has 5 nitrogen and oxygen atoms in total. The lowest BCUT2D eigenvalue weighted by Crippen LogP contribution is -2.18. The van der Waals surface area contributed by atoms with Crippen LogP contribution in [0.2, 0.25) is 0 Å². The quantitative estimate of drug-likeness (QED) is 0.802. The molecule has 23 heavy (non-hydrogen) atoms. The van der Waals surface area contributed by atoms with Crippen molar-refractivity contribution in [3.8, 4) is 11.4 Å². The normalized spacial score (nSPS) is 13.3. The third-order valence-corrected chi connectivity index (χ3v) is 3.67. The van der Waals surface area contributed by atoms with Crippen molar-refractivity contribution in [1.82, 2.24) is 19.4 Å². The molecule has 0 aliphatic rings. The van der Waals surface area contributed by atoms with Gasteiger partial charge in [0.25, 0.3) is 0 Å². The molecule has 1 unspecified atom stereocenters. The highest BCUT2D eigenvalue weighted by atomic mass is 19.4. The maximum atomic E-state index is 12.9. The highest BCUT2D eigenvalue weighted by Crippen LogP contribution is 2.34. The van der Waals surface area contributed by atoms with Crippen LogP contribution in [0.15, 0.2) is 36.9 Å². The number of halogens is 3. The van der Waals surface area contributed by atoms with E-state index in [1.165, 1.54) is 12.3 Å². The number of fused-ring (bicyclic) bond motifs is 1. The summed E-state index contributed by atoms with van der Waals surface area (Å²) in [5.74, 6) is -0.992. The van der Waals surface area contributed by atoms with E-state index in [1.54, 1.807) is 36.1 Å². The first-order chi connectivity index (χ1) is 10.9. The molecule has 1 atom stereocenters. The van der Waals surface area contributed by atoms with Gasteiger partial charge in [-0.1, -0.05) is 6.07 Å². The molecule has 120 valence electrons. The Labute approximate surface area is 130 Å². The second kappa shape index (κ2) is 5.53. The number of alkyl halides is 3. The first-order valence-electron chi connectivity index (χ1n) is 6.94. The molecule has 3 rings (SSSR count). The van der Waals surface area contributed by atoms with Gasteiger partial charge in [0.05, 0.1) is 30.2 Å². The molecule has 3 aromatic rings. The van der Waals surface area contributed by atoms with Gasteiger partial charge in [-0.05, 0) is 18.6 Å². The van der Waals surface area contributed by atoms with Gasteiger partial charge in [0.15, 0.2) is 0 Å². The number of anilines is 1. The fourth-order valence-electron chi connectivity index (χ4n) is 2.24. The monoisotopic (exact) mass is 321 g/mol. The Bertz CT molecular complexity index is 840. The molecule has 0 aliphatic heterocycles. The first-order valence-corrected chi connectivity index (χ1v) is 6.94. The molecule has 0 amide bonds. The number of pyridine rings is 1. The predicted octanol–water partition coefficient (Wildman–Crippen LogP) is 3.50. The molecular weight excluding hydrogens is 307 g/mol. The molecule has 0 aliphatic carbocycles. The Morgan fingerprint density at radius 2 is 1.96 bits per heavy atom. The van der Waals surface area contributed by atoms with Crippen LogP contribution in [0, 0.1) is 0 Å². The molecule has 0 saturated carbocycles. The maximum absolute atomic E-state index is 12.9. The van der Waals surface area contributed by atoms with Gasteiger partial charge < -0.3 is 5.32 Å². The van der Waals surface area contributed by atoms with Crippen LogP contribution in [0.5, 0.6) is 0 Å². The number of rotatable bonds is 3. The molecular formula is C15H14F3N5. The fourth-order valence-corrected chi connectivity index (χ4v) is 2.24. The molecule has 0 spiro atoms. The van der Waals surface area contributed by atoms with Gasteiger partial charge in [0.1, 0.15) is 17.2 Å². The van der Waals surface area contributed by atoms with E-state index in [0.29, 0.717) is 22.9 Å². The SMILES string of the molecule is CNc1cncc(-c2cnc3ccc(C(C)C(F)(F)F)cn23)n1. The zero-order valence-corrected chi connectivity index (χ0v) is 12.5. The van der Waals surface area contributed by atoms with E-state index in [0.717, 1.165) is 6.92 Å². The minimum absolute atomic E-state index is 0.169. The number of nitrogens with one attached hydrogen (secondary N) is 1. The number of imidazole rings is 1. The van der Waals surface area contributed by atoms with Crippen LogP contribution < -0.4 is 5.32 Å². The van der Waals surface area contributed by atoms with Gasteiger partial charge in [-0.15, -0.1) is 0 Å². The smallest absolute Gasteiger partial charge is 0.372 e. The third kappa shape index (κ3) is 2.84. The van der Waals surface area contributed by atoms with Crippen LogP contribution in [0.1, 0.15) is 18.4 Å². The van der Waals surface area contributed by atoms with Crippen LogP contribution in [0.25, 0.3) is 17.0 Å². The second-order valence-corrected chi connectivity index (χ2v) is 5.14. The fraction of sp³-hybridized carbons (Fsp3) is 0.267. The van der Waals surface area contributed by atoms with Gasteiger partial charge in [0, 0.05) is 13.2 Å². The summed E-state index contributed by atoms with van der Waals surface area (Å²) < 4.78 is 40.4. The molecule has 0 bridgehead atoms. The van der Waals surface area contributed by atoms with Crippen molar-refractivity contribution in [2.75, 3.05) is 12.4 Å². The topological polar surface area (TPSA) is 55.1 Å². The molecule has 3 heterocycles. The van der Waals surface area contributed by atoms with E-state index >= 15 is 0 Å². The van der Waals surface area contributed by atoms with Gasteiger partial charge in [-0.2, -0.15) is 13.2 Å². The van der Waals surface area contributed by atoms with Crippen LogP contribution in [-0.2, 0) is 0 Å². The van der Waals surface area contributed by atoms with E-state index in [1.807, 2.05) is 0 Å². The van der Waals surface area contributed by atoms with Crippen molar-refractivity contribution >= 4 is 11.5 Å². The molecule has 3 aromatic heterocycles. The van der Waals surface area contributed by atoms with Crippen LogP contribution in [-0.4, -0.2) is 32.6 Å². The van der Waals surface area contributed by atoms with Crippen molar-refractivity contribution in [2.45, 2.75) is 19.0 Å². The maximum Gasteiger partial charge on any atom is 0.395 e. The number of aromatic nitrogens is 4. The first kappa shape index (κ1) is 15.3. The average molecular weight is 321 g/mol. The summed E-state index contributed by atoms with van der Waals surface area (Å²) in [7, 11) is 1.71. The Morgan fingerprint density at radius 1 is 1.17 bits per heavy atom. The van der Waals surface area contributed by atoms with Crippen LogP contribution in [0.3, 0.4) is 0 Å². The Balaban J connectivity index is 2.12. The zero-order chi connectivity index (χ0) is 16.6. The number of nitrogens with zero attached hydrogens (tertiary/aromatic N) is 4. The Kier molecular flexibility index (Phi) is 3.67. The summed E-state index contributed by atoms with van der Waals surface area (Å²) >= 11 is 0. The summed E-state index contributed by atoms with van der Waals surface area (Å²) in [5.41, 5.74) is 1.83. The van der Waals surface area contributed by atoms with Crippen molar-refractivity contribution in [3.05, 3.63) is 42.5 Å². The summed E-state index contributed by atoms with van der Waals surface area (Å²) in [6.07, 6.45) is 1.83. The number of hydrogen-bond donors (Lipinski definition) is 1. The molecule has 8 heteroatoms. The third-order valence-electron chi connectivity index (χ3n) is 3.67. The lowest BCUT2D eigenvalue weighted by molar-refractivity contribution is -0.146. The van der Waals surface area contributed by atoms with E-state index in [-0.39, 0.29) is 5.56 Å². The molecule has 0 aromatic carbocycles. The van der Waals surface area contributed by atoms with Crippen molar-refractivity contribution in [2.24, 2.45) is 0 Å². The lowest BCUT2D eigenvalue weighted by atomic mass is 10.0. The Hall–Kier alpha value is -2.64. The van der Waals surface area contributed by atoms with E-state index in [9.17, 15) is 13.2 Å². The van der Waals surface area contributed by atoms with Crippen molar-refractivity contribution < 1.29 is 13.2 Å². The average Bonchev–Trinajstić information content (AvgIpc) is 2.96. The molecule has 1 N–H and O–H groups in total. The van der Waals surface area contributed by atoms with Crippen LogP contribution in [0.4, 0.5) is 19.0 Å². The molecule has 0 fully saturated rings. The summed E-state index contributed by atoms with van der Waals surface area (Å²) in [4.78, 5) is 12.6. The summed E-state index contributed by atoms with van der Waals surface area (Å²) in [6.45, 7) is 1.14. The van der Waals surface area contributed by atoms with Gasteiger partial charge in [-0.3, -0.25) is 9.38 Å². The van der Waals surface area contributed by atoms with E-state index in [2.05, 4.69) is 20.3 Å². The Morgan fingerprint density at radius 3 is 2.65 bits per heavy atom. The zero-order valence-electron chi connectivity index (χ0n) is 12.5. The lowest BCUT2D eigenvalue weighted by Gasteiger charge is -2.16. The van der Waals surface area contributed by atoms with Gasteiger partial charge in [-0.25, -0.2) is 9.97 Å². The van der Waals surface area contributed by atoms with Crippen LogP contribution >= 0.6 is 0 Å². The van der Waals surface area contributed by atoms with E-state index in [4.69, 9.17) is 0 Å². The molecule has 0 saturated heterocycles. The van der Waals surface area contributed by atoms with Crippen molar-refractivity contribution in [3.63, 3.8) is 0 Å². The molecule has 0 radical (unpaired) electrons. The standard InChI is InChI=1S/C15H14F3N5/c1-9(15(16,17)18)10-3-4-14-21-6-12(23(14)8-10)11-5-20-7-13(19-2)22-11/h3-9H,1-2H3,(H,19,22).